The van der Waals surface area contributed by atoms with Crippen LogP contribution in [0.1, 0.15) is 26.3 Å². The first kappa shape index (κ1) is 19.2. The summed E-state index contributed by atoms with van der Waals surface area (Å²) in [5.41, 5.74) is 0.844. The lowest BCUT2D eigenvalue weighted by atomic mass is 10.0. The van der Waals surface area contributed by atoms with Gasteiger partial charge < -0.3 is 13.9 Å². The minimum Gasteiger partial charge on any atom is -0.461 e. The first-order valence-electron chi connectivity index (χ1n) is 8.76. The molecule has 0 aliphatic heterocycles. The summed E-state index contributed by atoms with van der Waals surface area (Å²) in [6.07, 6.45) is 1.60. The highest BCUT2D eigenvalue weighted by molar-refractivity contribution is 7.99. The Morgan fingerprint density at radius 3 is 2.52 bits per heavy atom. The summed E-state index contributed by atoms with van der Waals surface area (Å²) in [4.78, 5) is 14.8. The molecule has 0 aliphatic carbocycles. The number of hydrogen-bond acceptors (Lipinski definition) is 5. The van der Waals surface area contributed by atoms with E-state index in [0.717, 1.165) is 5.56 Å². The summed E-state index contributed by atoms with van der Waals surface area (Å²) in [6, 6.07) is 13.7. The predicted molar refractivity (Wildman–Crippen MR) is 106 cm³/mol. The van der Waals surface area contributed by atoms with E-state index in [0.29, 0.717) is 29.0 Å². The van der Waals surface area contributed by atoms with Crippen LogP contribution in [0.15, 0.2) is 58.3 Å². The fourth-order valence-corrected chi connectivity index (χ4v) is 3.52. The van der Waals surface area contributed by atoms with Gasteiger partial charge in [-0.2, -0.15) is 0 Å². The van der Waals surface area contributed by atoms with Gasteiger partial charge in [0, 0.05) is 19.1 Å². The normalized spacial score (nSPS) is 11.6. The number of furan rings is 1. The summed E-state index contributed by atoms with van der Waals surface area (Å²) >= 11 is 1.38. The van der Waals surface area contributed by atoms with Crippen molar-refractivity contribution < 1.29 is 9.21 Å². The zero-order chi connectivity index (χ0) is 19.4. The van der Waals surface area contributed by atoms with Crippen molar-refractivity contribution in [1.29, 1.82) is 0 Å². The molecule has 0 saturated carbocycles. The molecular formula is C20H24N4O2S. The second kappa shape index (κ2) is 8.00. The van der Waals surface area contributed by atoms with Crippen molar-refractivity contribution in [1.82, 2.24) is 19.7 Å². The number of amides is 1. The Bertz CT molecular complexity index is 883. The van der Waals surface area contributed by atoms with Gasteiger partial charge in [0.05, 0.1) is 12.0 Å². The van der Waals surface area contributed by atoms with Crippen molar-refractivity contribution in [3.05, 3.63) is 54.3 Å². The molecule has 3 aromatic rings. The standard InChI is InChI=1S/C20H24N4O2S/c1-20(2,3)24(13-15-9-6-5-7-10-15)17(25)14-27-19-22-21-18(23(19)4)16-11-8-12-26-16/h5-12H,13-14H2,1-4H3. The molecule has 7 heteroatoms. The number of thioether (sulfide) groups is 1. The summed E-state index contributed by atoms with van der Waals surface area (Å²) in [7, 11) is 1.87. The summed E-state index contributed by atoms with van der Waals surface area (Å²) in [6.45, 7) is 6.74. The smallest absolute Gasteiger partial charge is 0.233 e. The van der Waals surface area contributed by atoms with Gasteiger partial charge in [-0.1, -0.05) is 42.1 Å². The number of hydrogen-bond donors (Lipinski definition) is 0. The number of benzene rings is 1. The molecule has 6 nitrogen and oxygen atoms in total. The van der Waals surface area contributed by atoms with Gasteiger partial charge in [-0.05, 0) is 38.5 Å². The SMILES string of the molecule is Cn1c(SCC(=O)N(Cc2ccccc2)C(C)(C)C)nnc1-c1ccco1. The van der Waals surface area contributed by atoms with Gasteiger partial charge in [-0.3, -0.25) is 4.79 Å². The third kappa shape index (κ3) is 4.60. The van der Waals surface area contributed by atoms with Gasteiger partial charge in [0.1, 0.15) is 0 Å². The molecule has 0 spiro atoms. The van der Waals surface area contributed by atoms with Gasteiger partial charge in [-0.15, -0.1) is 10.2 Å². The number of rotatable bonds is 6. The van der Waals surface area contributed by atoms with Crippen molar-refractivity contribution in [2.24, 2.45) is 7.05 Å². The molecule has 0 bridgehead atoms. The maximum atomic E-state index is 12.9. The third-order valence-electron chi connectivity index (χ3n) is 4.20. The lowest BCUT2D eigenvalue weighted by molar-refractivity contribution is -0.133. The zero-order valence-electron chi connectivity index (χ0n) is 16.0. The molecule has 3 rings (SSSR count). The molecule has 0 fully saturated rings. The van der Waals surface area contributed by atoms with E-state index in [1.165, 1.54) is 11.8 Å². The summed E-state index contributed by atoms with van der Waals surface area (Å²) in [5.74, 6) is 1.67. The molecule has 2 heterocycles. The monoisotopic (exact) mass is 384 g/mol. The molecule has 2 aromatic heterocycles. The van der Waals surface area contributed by atoms with Crippen LogP contribution >= 0.6 is 11.8 Å². The maximum absolute atomic E-state index is 12.9. The first-order chi connectivity index (χ1) is 12.9. The Balaban J connectivity index is 1.69. The molecule has 142 valence electrons. The predicted octanol–water partition coefficient (Wildman–Crippen LogP) is 3.99. The molecule has 0 unspecified atom stereocenters. The van der Waals surface area contributed by atoms with E-state index in [1.807, 2.05) is 59.0 Å². The molecule has 1 aromatic carbocycles. The molecule has 0 saturated heterocycles. The van der Waals surface area contributed by atoms with Gasteiger partial charge in [0.15, 0.2) is 16.7 Å². The maximum Gasteiger partial charge on any atom is 0.233 e. The Morgan fingerprint density at radius 2 is 1.89 bits per heavy atom. The molecule has 27 heavy (non-hydrogen) atoms. The van der Waals surface area contributed by atoms with Gasteiger partial charge in [0.25, 0.3) is 0 Å². The Hall–Kier alpha value is -2.54. The quantitative estimate of drug-likeness (QED) is 0.601. The summed E-state index contributed by atoms with van der Waals surface area (Å²) in [5, 5.41) is 9.05. The zero-order valence-corrected chi connectivity index (χ0v) is 16.9. The van der Waals surface area contributed by atoms with E-state index in [9.17, 15) is 4.79 Å². The average Bonchev–Trinajstić information content (AvgIpc) is 3.27. The topological polar surface area (TPSA) is 64.2 Å². The van der Waals surface area contributed by atoms with Gasteiger partial charge >= 0.3 is 0 Å². The van der Waals surface area contributed by atoms with Gasteiger partial charge in [0.2, 0.25) is 5.91 Å². The average molecular weight is 385 g/mol. The van der Waals surface area contributed by atoms with E-state index < -0.39 is 0 Å². The van der Waals surface area contributed by atoms with Crippen LogP contribution in [-0.4, -0.2) is 36.9 Å². The molecule has 0 N–H and O–H groups in total. The van der Waals surface area contributed by atoms with Crippen LogP contribution in [0.2, 0.25) is 0 Å². The van der Waals surface area contributed by atoms with Crippen LogP contribution in [0.25, 0.3) is 11.6 Å². The summed E-state index contributed by atoms with van der Waals surface area (Å²) < 4.78 is 7.22. The first-order valence-corrected chi connectivity index (χ1v) is 9.75. The number of nitrogens with zero attached hydrogens (tertiary/aromatic N) is 4. The van der Waals surface area contributed by atoms with Crippen LogP contribution in [0.5, 0.6) is 0 Å². The van der Waals surface area contributed by atoms with Crippen molar-refractivity contribution in [3.8, 4) is 11.6 Å². The second-order valence-electron chi connectivity index (χ2n) is 7.27. The van der Waals surface area contributed by atoms with Crippen LogP contribution in [-0.2, 0) is 18.4 Å². The van der Waals surface area contributed by atoms with E-state index >= 15 is 0 Å². The molecular weight excluding hydrogens is 360 g/mol. The van der Waals surface area contributed by atoms with Crippen LogP contribution in [0, 0.1) is 0 Å². The largest absolute Gasteiger partial charge is 0.461 e. The van der Waals surface area contributed by atoms with Crippen molar-refractivity contribution in [2.75, 3.05) is 5.75 Å². The van der Waals surface area contributed by atoms with E-state index in [-0.39, 0.29) is 11.4 Å². The molecule has 0 aliphatic rings. The van der Waals surface area contributed by atoms with Crippen LogP contribution in [0.4, 0.5) is 0 Å². The highest BCUT2D eigenvalue weighted by Gasteiger charge is 2.27. The molecule has 0 atom stereocenters. The molecule has 1 amide bonds. The molecule has 0 radical (unpaired) electrons. The van der Waals surface area contributed by atoms with E-state index in [1.54, 1.807) is 6.26 Å². The highest BCUT2D eigenvalue weighted by Crippen LogP contribution is 2.25. The fourth-order valence-electron chi connectivity index (χ4n) is 2.73. The lowest BCUT2D eigenvalue weighted by Crippen LogP contribution is -2.45. The Morgan fingerprint density at radius 1 is 1.15 bits per heavy atom. The minimum atomic E-state index is -0.271. The Kier molecular flexibility index (Phi) is 5.70. The van der Waals surface area contributed by atoms with Crippen molar-refractivity contribution in [2.45, 2.75) is 38.0 Å². The van der Waals surface area contributed by atoms with Crippen molar-refractivity contribution in [3.63, 3.8) is 0 Å². The van der Waals surface area contributed by atoms with E-state index in [4.69, 9.17) is 4.42 Å². The fraction of sp³-hybridized carbons (Fsp3) is 0.350. The Labute approximate surface area is 163 Å². The van der Waals surface area contributed by atoms with E-state index in [2.05, 4.69) is 31.0 Å². The lowest BCUT2D eigenvalue weighted by Gasteiger charge is -2.36. The van der Waals surface area contributed by atoms with Crippen LogP contribution in [0.3, 0.4) is 0 Å². The van der Waals surface area contributed by atoms with Crippen molar-refractivity contribution >= 4 is 17.7 Å². The number of carbonyl (C=O) groups excluding carboxylic acids is 1. The van der Waals surface area contributed by atoms with Crippen LogP contribution < -0.4 is 0 Å². The highest BCUT2D eigenvalue weighted by atomic mass is 32.2. The minimum absolute atomic E-state index is 0.0684. The number of aromatic nitrogens is 3. The second-order valence-corrected chi connectivity index (χ2v) is 8.21. The number of carbonyl (C=O) groups is 1. The van der Waals surface area contributed by atoms with Gasteiger partial charge in [-0.25, -0.2) is 0 Å². The third-order valence-corrected chi connectivity index (χ3v) is 5.20.